The molecule has 0 radical (unpaired) electrons. The largest absolute Gasteiger partial charge is 0.483 e. The number of carbonyl (C=O) groups is 1. The maximum Gasteiger partial charge on any atom is 0.483 e. The van der Waals surface area contributed by atoms with Crippen LogP contribution in [0.3, 0.4) is 0 Å². The lowest BCUT2D eigenvalue weighted by Gasteiger charge is -2.31. The van der Waals surface area contributed by atoms with Crippen LogP contribution in [0.15, 0.2) is 11.1 Å². The van der Waals surface area contributed by atoms with Crippen molar-refractivity contribution in [3.8, 4) is 0 Å². The summed E-state index contributed by atoms with van der Waals surface area (Å²) in [5, 5.41) is 30.5. The van der Waals surface area contributed by atoms with Crippen molar-refractivity contribution in [2.75, 3.05) is 12.3 Å². The summed E-state index contributed by atoms with van der Waals surface area (Å²) in [5.41, 5.74) is 4.62. The smallest absolute Gasteiger partial charge is 0.387 e. The highest BCUT2D eigenvalue weighted by molar-refractivity contribution is 7.61. The molecule has 2 aliphatic rings. The summed E-state index contributed by atoms with van der Waals surface area (Å²) in [6, 6.07) is 0. The molecule has 8 N–H and O–H groups in total. The molecule has 37 heavy (non-hydrogen) atoms. The Hall–Kier alpha value is -2.12. The second kappa shape index (κ2) is 10.2. The number of ether oxygens (including phenoxy) is 2. The van der Waals surface area contributed by atoms with Crippen LogP contribution < -0.4 is 11.3 Å². The number of aliphatic hydroxyl groups excluding tert-OH is 3. The van der Waals surface area contributed by atoms with Crippen LogP contribution in [-0.2, 0) is 36.8 Å². The van der Waals surface area contributed by atoms with Crippen molar-refractivity contribution >= 4 is 38.5 Å². The molecule has 4 rings (SSSR count). The number of nitrogens with two attached hydrogens (primary N) is 1. The average molecular weight is 571 g/mol. The summed E-state index contributed by atoms with van der Waals surface area (Å²) >= 11 is 0. The van der Waals surface area contributed by atoms with E-state index < -0.39 is 83.1 Å². The normalized spacial score (nSPS) is 33.9. The van der Waals surface area contributed by atoms with E-state index >= 15 is 0 Å². The predicted molar refractivity (Wildman–Crippen MR) is 116 cm³/mol. The van der Waals surface area contributed by atoms with E-state index in [1.165, 1.54) is 6.92 Å². The van der Waals surface area contributed by atoms with Gasteiger partial charge in [-0.2, -0.15) is 9.29 Å². The van der Waals surface area contributed by atoms with Gasteiger partial charge in [0.25, 0.3) is 5.56 Å². The zero-order valence-electron chi connectivity index (χ0n) is 18.8. The van der Waals surface area contributed by atoms with Gasteiger partial charge in [-0.3, -0.25) is 28.2 Å². The molecule has 2 saturated heterocycles. The highest BCUT2D eigenvalue weighted by Crippen LogP contribution is 2.61. The molecular formula is C16H23N5O14P2. The third-order valence-corrected chi connectivity index (χ3v) is 8.02. The molecule has 9 atom stereocenters. The van der Waals surface area contributed by atoms with Gasteiger partial charge in [-0.1, -0.05) is 0 Å². The first kappa shape index (κ1) is 27.9. The maximum absolute atomic E-state index is 12.2. The number of aromatic nitrogens is 4. The van der Waals surface area contributed by atoms with Crippen molar-refractivity contribution in [1.82, 2.24) is 19.5 Å². The fraction of sp³-hybridized carbons (Fsp3) is 0.625. The minimum Gasteiger partial charge on any atom is -0.387 e. The minimum atomic E-state index is -5.40. The van der Waals surface area contributed by atoms with Crippen LogP contribution in [0, 0.1) is 0 Å². The molecule has 2 aromatic rings. The predicted octanol–water partition coefficient (Wildman–Crippen LogP) is -2.36. The van der Waals surface area contributed by atoms with Crippen molar-refractivity contribution in [3.63, 3.8) is 0 Å². The number of hydrogen-bond donors (Lipinski definition) is 7. The second-order valence-electron chi connectivity index (χ2n) is 8.13. The first-order valence-electron chi connectivity index (χ1n) is 10.5. The van der Waals surface area contributed by atoms with Crippen molar-refractivity contribution in [2.45, 2.75) is 56.4 Å². The Morgan fingerprint density at radius 1 is 1.19 bits per heavy atom. The first-order chi connectivity index (χ1) is 17.2. The molecule has 19 nitrogen and oxygen atoms in total. The molecule has 0 amide bonds. The summed E-state index contributed by atoms with van der Waals surface area (Å²) in [7, 11) is -10.8. The molecule has 0 spiro atoms. The van der Waals surface area contributed by atoms with E-state index in [-0.39, 0.29) is 17.1 Å². The Morgan fingerprint density at radius 2 is 1.89 bits per heavy atom. The van der Waals surface area contributed by atoms with Gasteiger partial charge in [0.1, 0.15) is 30.5 Å². The highest BCUT2D eigenvalue weighted by atomic mass is 31.3. The van der Waals surface area contributed by atoms with E-state index in [1.54, 1.807) is 0 Å². The van der Waals surface area contributed by atoms with Crippen molar-refractivity contribution in [2.24, 2.45) is 0 Å². The number of anilines is 1. The number of hydrogen-bond acceptors (Lipinski definition) is 15. The fourth-order valence-electron chi connectivity index (χ4n) is 3.63. The molecule has 21 heteroatoms. The van der Waals surface area contributed by atoms with Crippen LogP contribution in [0.4, 0.5) is 5.95 Å². The lowest BCUT2D eigenvalue weighted by Crippen LogP contribution is -2.44. The van der Waals surface area contributed by atoms with Crippen LogP contribution >= 0.6 is 15.6 Å². The maximum atomic E-state index is 12.2. The Kier molecular flexibility index (Phi) is 7.70. The number of phosphoric acid groups is 2. The van der Waals surface area contributed by atoms with Gasteiger partial charge in [-0.25, -0.2) is 14.1 Å². The number of aromatic amines is 1. The number of rotatable bonds is 8. The topological polar surface area (TPSA) is 288 Å². The lowest BCUT2D eigenvalue weighted by atomic mass is 10.1. The van der Waals surface area contributed by atoms with Crippen molar-refractivity contribution < 1.29 is 61.9 Å². The van der Waals surface area contributed by atoms with Gasteiger partial charge in [-0.15, -0.1) is 0 Å². The van der Waals surface area contributed by atoms with Gasteiger partial charge in [-0.05, 0) is 6.92 Å². The monoisotopic (exact) mass is 571 g/mol. The molecule has 2 fully saturated rings. The third-order valence-electron chi connectivity index (χ3n) is 5.42. The fourth-order valence-corrected chi connectivity index (χ4v) is 5.80. The van der Waals surface area contributed by atoms with Gasteiger partial charge < -0.3 is 40.3 Å². The number of fused-ring (bicyclic) bond motifs is 1. The van der Waals surface area contributed by atoms with E-state index in [4.69, 9.17) is 15.2 Å². The number of carbonyl (C=O) groups excluding carboxylic acids is 1. The Labute approximate surface area is 205 Å². The SMILES string of the molecule is C[C@H]1O[C@H](OP(=O)(O)OP(=O)(O)OC[C@H]2O[C@@H](n3cnc4c(=O)[nH]c(N)nc43)[C@H](O)[C@@H]2O)[C@@H](O)CC1=O. The number of Topliss-reactive ketones (excluding diaryl/α,β-unsaturated/α-hetero) is 1. The second-order valence-corrected chi connectivity index (χ2v) is 11.1. The van der Waals surface area contributed by atoms with Crippen LogP contribution in [0.1, 0.15) is 19.6 Å². The first-order valence-corrected chi connectivity index (χ1v) is 13.5. The molecule has 2 aliphatic heterocycles. The van der Waals surface area contributed by atoms with Crippen LogP contribution in [0.25, 0.3) is 11.2 Å². The standard InChI is InChI=1S/C16H23N5O14P2/c1-5-6(22)2-7(23)15(32-5)34-37(29,30)35-36(27,28)31-3-8-10(24)11(25)14(33-8)21-4-18-9-12(21)19-16(17)20-13(9)26/h4-5,7-8,10-11,14-15,23-25H,2-3H2,1H3,(H,27,28)(H,29,30)(H3,17,19,20,26)/t5-,7+,8-,10-,11-,14-,15-/m1/s1. The Morgan fingerprint density at radius 3 is 2.59 bits per heavy atom. The van der Waals surface area contributed by atoms with Gasteiger partial charge in [0, 0.05) is 6.42 Å². The molecule has 4 heterocycles. The summed E-state index contributed by atoms with van der Waals surface area (Å²) in [5.74, 6) is -0.754. The summed E-state index contributed by atoms with van der Waals surface area (Å²) in [6.45, 7) is 0.372. The zero-order chi connectivity index (χ0) is 27.3. The van der Waals surface area contributed by atoms with Crippen molar-refractivity contribution in [1.29, 1.82) is 0 Å². The number of nitrogens with one attached hydrogen (secondary N) is 1. The van der Waals surface area contributed by atoms with E-state index in [0.29, 0.717) is 0 Å². The number of nitrogen functional groups attached to an aromatic ring is 1. The molecule has 0 aliphatic carbocycles. The van der Waals surface area contributed by atoms with Crippen molar-refractivity contribution in [3.05, 3.63) is 16.7 Å². The van der Waals surface area contributed by atoms with E-state index in [1.807, 2.05) is 0 Å². The summed E-state index contributed by atoms with van der Waals surface area (Å²) in [6.07, 6.45) is -10.1. The number of aliphatic hydroxyl groups is 3. The van der Waals surface area contributed by atoms with E-state index in [9.17, 15) is 43.8 Å². The average Bonchev–Trinajstić information content (AvgIpc) is 3.31. The van der Waals surface area contributed by atoms with Crippen LogP contribution in [0.2, 0.25) is 0 Å². The van der Waals surface area contributed by atoms with E-state index in [0.717, 1.165) is 10.9 Å². The lowest BCUT2D eigenvalue weighted by molar-refractivity contribution is -0.202. The zero-order valence-corrected chi connectivity index (χ0v) is 20.5. The van der Waals surface area contributed by atoms with Crippen LogP contribution in [-0.4, -0.2) is 93.8 Å². The number of H-pyrrole nitrogens is 1. The Balaban J connectivity index is 1.39. The number of ketones is 1. The van der Waals surface area contributed by atoms with Crippen LogP contribution in [0.5, 0.6) is 0 Å². The summed E-state index contributed by atoms with van der Waals surface area (Å²) < 4.78 is 49.3. The minimum absolute atomic E-state index is 0.0864. The molecule has 0 aromatic carbocycles. The number of nitrogens with zero attached hydrogens (tertiary/aromatic N) is 3. The molecule has 0 bridgehead atoms. The summed E-state index contributed by atoms with van der Waals surface area (Å²) in [4.78, 5) is 53.1. The molecule has 0 saturated carbocycles. The molecule has 206 valence electrons. The number of phosphoric ester groups is 2. The van der Waals surface area contributed by atoms with Gasteiger partial charge >= 0.3 is 15.6 Å². The van der Waals surface area contributed by atoms with Gasteiger partial charge in [0.05, 0.1) is 12.9 Å². The molecule has 2 unspecified atom stereocenters. The molecule has 2 aromatic heterocycles. The third kappa shape index (κ3) is 5.98. The van der Waals surface area contributed by atoms with E-state index in [2.05, 4.69) is 28.3 Å². The van der Waals surface area contributed by atoms with Gasteiger partial charge in [0.2, 0.25) is 5.95 Å². The Bertz CT molecular complexity index is 1330. The number of imidazole rings is 1. The van der Waals surface area contributed by atoms with Gasteiger partial charge in [0.15, 0.2) is 29.5 Å². The molecular weight excluding hydrogens is 548 g/mol. The quantitative estimate of drug-likeness (QED) is 0.163. The highest BCUT2D eigenvalue weighted by Gasteiger charge is 2.47.